The van der Waals surface area contributed by atoms with Crippen molar-refractivity contribution in [1.29, 1.82) is 0 Å². The molecule has 120 valence electrons. The summed E-state index contributed by atoms with van der Waals surface area (Å²) in [5.41, 5.74) is 3.46. The first-order chi connectivity index (χ1) is 11.7. The number of fused-ring (bicyclic) bond motifs is 2. The first kappa shape index (κ1) is 14.8. The minimum Gasteiger partial charge on any atom is -0.321 e. The topological polar surface area (TPSA) is 32.3 Å². The van der Waals surface area contributed by atoms with Gasteiger partial charge in [-0.1, -0.05) is 54.6 Å². The zero-order chi connectivity index (χ0) is 16.5. The average molecular weight is 316 g/mol. The molecular formula is C21H20N2O. The predicted octanol–water partition coefficient (Wildman–Crippen LogP) is 4.99. The van der Waals surface area contributed by atoms with Gasteiger partial charge in [-0.2, -0.15) is 0 Å². The number of hydrogen-bond donors (Lipinski definition) is 1. The Morgan fingerprint density at radius 3 is 2.62 bits per heavy atom. The summed E-state index contributed by atoms with van der Waals surface area (Å²) in [6, 6.07) is 22.7. The molecule has 0 heterocycles. The summed E-state index contributed by atoms with van der Waals surface area (Å²) in [5, 5.41) is 5.33. The fraction of sp³-hybridized carbons (Fsp3) is 0.190. The maximum atomic E-state index is 12.7. The molecule has 24 heavy (non-hydrogen) atoms. The summed E-state index contributed by atoms with van der Waals surface area (Å²) >= 11 is 0. The lowest BCUT2D eigenvalue weighted by Crippen LogP contribution is -2.34. The van der Waals surface area contributed by atoms with Crippen molar-refractivity contribution in [2.24, 2.45) is 0 Å². The molecule has 3 heteroatoms. The maximum absolute atomic E-state index is 12.7. The SMILES string of the molecule is CN(C(=O)Nc1ccc2ccccc2c1)C1CCc2ccccc21. The largest absolute Gasteiger partial charge is 0.322 e. The molecule has 0 aromatic heterocycles. The number of nitrogens with one attached hydrogen (secondary N) is 1. The number of anilines is 1. The lowest BCUT2D eigenvalue weighted by molar-refractivity contribution is 0.204. The third-order valence-electron chi connectivity index (χ3n) is 4.89. The van der Waals surface area contributed by atoms with Crippen molar-refractivity contribution in [3.8, 4) is 0 Å². The Morgan fingerprint density at radius 1 is 1.00 bits per heavy atom. The van der Waals surface area contributed by atoms with E-state index < -0.39 is 0 Å². The number of carbonyl (C=O) groups excluding carboxylic acids is 1. The molecule has 3 aromatic rings. The molecule has 4 rings (SSSR count). The molecule has 3 aromatic carbocycles. The van der Waals surface area contributed by atoms with Crippen LogP contribution >= 0.6 is 0 Å². The summed E-state index contributed by atoms with van der Waals surface area (Å²) < 4.78 is 0. The van der Waals surface area contributed by atoms with Gasteiger partial charge in [0.05, 0.1) is 6.04 Å². The predicted molar refractivity (Wildman–Crippen MR) is 98.2 cm³/mol. The van der Waals surface area contributed by atoms with E-state index in [1.165, 1.54) is 16.5 Å². The fourth-order valence-electron chi connectivity index (χ4n) is 3.56. The van der Waals surface area contributed by atoms with Crippen LogP contribution in [0.15, 0.2) is 66.7 Å². The van der Waals surface area contributed by atoms with Gasteiger partial charge in [0.25, 0.3) is 0 Å². The minimum atomic E-state index is -0.0630. The Labute approximate surface area is 141 Å². The van der Waals surface area contributed by atoms with E-state index in [0.717, 1.165) is 23.9 Å². The van der Waals surface area contributed by atoms with Gasteiger partial charge in [0.2, 0.25) is 0 Å². The van der Waals surface area contributed by atoms with Crippen LogP contribution in [0, 0.1) is 0 Å². The molecule has 1 unspecified atom stereocenters. The second kappa shape index (κ2) is 6.00. The van der Waals surface area contributed by atoms with Crippen LogP contribution in [-0.2, 0) is 6.42 Å². The Hall–Kier alpha value is -2.81. The summed E-state index contributed by atoms with van der Waals surface area (Å²) in [4.78, 5) is 14.5. The zero-order valence-corrected chi connectivity index (χ0v) is 13.7. The molecule has 1 atom stereocenters. The number of benzene rings is 3. The number of nitrogens with zero attached hydrogens (tertiary/aromatic N) is 1. The van der Waals surface area contributed by atoms with Crippen molar-refractivity contribution in [2.45, 2.75) is 18.9 Å². The summed E-state index contributed by atoms with van der Waals surface area (Å²) in [7, 11) is 1.88. The average Bonchev–Trinajstić information content (AvgIpc) is 3.05. The minimum absolute atomic E-state index is 0.0630. The van der Waals surface area contributed by atoms with Gasteiger partial charge in [-0.05, 0) is 46.9 Å². The first-order valence-electron chi connectivity index (χ1n) is 8.33. The van der Waals surface area contributed by atoms with Crippen molar-refractivity contribution in [2.75, 3.05) is 12.4 Å². The van der Waals surface area contributed by atoms with Crippen molar-refractivity contribution < 1.29 is 4.79 Å². The highest BCUT2D eigenvalue weighted by molar-refractivity contribution is 5.93. The third-order valence-corrected chi connectivity index (χ3v) is 4.89. The van der Waals surface area contributed by atoms with E-state index in [0.29, 0.717) is 0 Å². The highest BCUT2D eigenvalue weighted by Gasteiger charge is 2.28. The molecule has 1 aliphatic carbocycles. The molecule has 2 amide bonds. The van der Waals surface area contributed by atoms with Crippen LogP contribution in [-0.4, -0.2) is 18.0 Å². The van der Waals surface area contributed by atoms with Gasteiger partial charge in [-0.3, -0.25) is 0 Å². The van der Waals surface area contributed by atoms with Crippen molar-refractivity contribution >= 4 is 22.5 Å². The van der Waals surface area contributed by atoms with Crippen LogP contribution in [0.5, 0.6) is 0 Å². The molecule has 1 N–H and O–H groups in total. The number of carbonyl (C=O) groups is 1. The Bertz CT molecular complexity index is 903. The summed E-state index contributed by atoms with van der Waals surface area (Å²) in [5.74, 6) is 0. The van der Waals surface area contributed by atoms with Crippen LogP contribution in [0.1, 0.15) is 23.6 Å². The molecule has 0 saturated heterocycles. The van der Waals surface area contributed by atoms with Gasteiger partial charge in [-0.25, -0.2) is 4.79 Å². The second-order valence-electron chi connectivity index (χ2n) is 6.36. The van der Waals surface area contributed by atoms with Gasteiger partial charge in [0.1, 0.15) is 0 Å². The van der Waals surface area contributed by atoms with E-state index in [2.05, 4.69) is 35.6 Å². The van der Waals surface area contributed by atoms with E-state index in [4.69, 9.17) is 0 Å². The van der Waals surface area contributed by atoms with Crippen LogP contribution < -0.4 is 5.32 Å². The number of aryl methyl sites for hydroxylation is 1. The van der Waals surface area contributed by atoms with E-state index in [-0.39, 0.29) is 12.1 Å². The number of urea groups is 1. The monoisotopic (exact) mass is 316 g/mol. The molecule has 0 radical (unpaired) electrons. The van der Waals surface area contributed by atoms with Crippen molar-refractivity contribution in [1.82, 2.24) is 4.90 Å². The fourth-order valence-corrected chi connectivity index (χ4v) is 3.56. The standard InChI is InChI=1S/C21H20N2O/c1-23(20-13-11-16-7-4-5-9-19(16)20)21(24)22-18-12-10-15-6-2-3-8-17(15)14-18/h2-10,12,14,20H,11,13H2,1H3,(H,22,24). The highest BCUT2D eigenvalue weighted by Crippen LogP contribution is 2.35. The molecule has 0 spiro atoms. The smallest absolute Gasteiger partial charge is 0.321 e. The van der Waals surface area contributed by atoms with E-state index in [1.807, 2.05) is 48.3 Å². The van der Waals surface area contributed by atoms with Crippen LogP contribution in [0.4, 0.5) is 10.5 Å². The first-order valence-corrected chi connectivity index (χ1v) is 8.33. The van der Waals surface area contributed by atoms with Crippen molar-refractivity contribution in [3.63, 3.8) is 0 Å². The molecule has 0 fully saturated rings. The zero-order valence-electron chi connectivity index (χ0n) is 13.7. The number of rotatable bonds is 2. The summed E-state index contributed by atoms with van der Waals surface area (Å²) in [6.07, 6.45) is 2.02. The number of amides is 2. The maximum Gasteiger partial charge on any atom is 0.322 e. The second-order valence-corrected chi connectivity index (χ2v) is 6.36. The molecule has 1 aliphatic rings. The number of hydrogen-bond acceptors (Lipinski definition) is 1. The Morgan fingerprint density at radius 2 is 1.75 bits per heavy atom. The lowest BCUT2D eigenvalue weighted by Gasteiger charge is -2.25. The van der Waals surface area contributed by atoms with Gasteiger partial charge in [0, 0.05) is 12.7 Å². The third kappa shape index (κ3) is 2.62. The normalized spacial score (nSPS) is 16.0. The van der Waals surface area contributed by atoms with Crippen molar-refractivity contribution in [3.05, 3.63) is 77.9 Å². The highest BCUT2D eigenvalue weighted by atomic mass is 16.2. The van der Waals surface area contributed by atoms with Crippen LogP contribution in [0.25, 0.3) is 10.8 Å². The molecule has 0 saturated carbocycles. The quantitative estimate of drug-likeness (QED) is 0.709. The van der Waals surface area contributed by atoms with Gasteiger partial charge < -0.3 is 10.2 Å². The lowest BCUT2D eigenvalue weighted by atomic mass is 10.1. The van der Waals surface area contributed by atoms with Gasteiger partial charge in [0.15, 0.2) is 0 Å². The molecule has 3 nitrogen and oxygen atoms in total. The summed E-state index contributed by atoms with van der Waals surface area (Å²) in [6.45, 7) is 0. The molecule has 0 aliphatic heterocycles. The van der Waals surface area contributed by atoms with E-state index in [9.17, 15) is 4.79 Å². The van der Waals surface area contributed by atoms with Crippen LogP contribution in [0.2, 0.25) is 0 Å². The van der Waals surface area contributed by atoms with E-state index >= 15 is 0 Å². The Kier molecular flexibility index (Phi) is 3.69. The molecular weight excluding hydrogens is 296 g/mol. The van der Waals surface area contributed by atoms with Gasteiger partial charge >= 0.3 is 6.03 Å². The molecule has 0 bridgehead atoms. The van der Waals surface area contributed by atoms with Gasteiger partial charge in [-0.15, -0.1) is 0 Å². The van der Waals surface area contributed by atoms with E-state index in [1.54, 1.807) is 0 Å². The van der Waals surface area contributed by atoms with Crippen LogP contribution in [0.3, 0.4) is 0 Å². The Balaban J connectivity index is 1.53.